The average Bonchev–Trinajstić information content (AvgIpc) is 0. The summed E-state index contributed by atoms with van der Waals surface area (Å²) in [6, 6.07) is 0. The van der Waals surface area contributed by atoms with Crippen LogP contribution < -0.4 is 0 Å². The van der Waals surface area contributed by atoms with Gasteiger partial charge in [0.25, 0.3) is 0 Å². The molecule has 0 heterocycles. The van der Waals surface area contributed by atoms with Gasteiger partial charge in [-0.2, -0.15) is 0 Å². The molecule has 0 fully saturated rings. The third kappa shape index (κ3) is 8.88. The van der Waals surface area contributed by atoms with Gasteiger partial charge in [-0.3, -0.25) is 0 Å². The van der Waals surface area contributed by atoms with E-state index in [0.29, 0.717) is 0 Å². The second-order valence-electron chi connectivity index (χ2n) is 0. The smallest absolute Gasteiger partial charge is 0 e. The van der Waals surface area contributed by atoms with Crippen LogP contribution in [0.4, 0.5) is 0 Å². The van der Waals surface area contributed by atoms with Crippen molar-refractivity contribution in [2.45, 2.75) is 0 Å². The van der Waals surface area contributed by atoms with Gasteiger partial charge in [0.1, 0.15) is 0 Å². The molecule has 26 valence electrons. The van der Waals surface area contributed by atoms with E-state index >= 15 is 0 Å². The van der Waals surface area contributed by atoms with E-state index in [0.717, 1.165) is 0 Å². The Morgan fingerprint density at radius 3 is 1.00 bits per heavy atom. The second-order valence-corrected chi connectivity index (χ2v) is 0. The fourth-order valence-corrected chi connectivity index (χ4v) is 0. The summed E-state index contributed by atoms with van der Waals surface area (Å²) < 4.78 is 0. The third-order valence-electron chi connectivity index (χ3n) is 0. The predicted molar refractivity (Wildman–Crippen MR) is 18.5 cm³/mol. The molecule has 0 unspecified atom stereocenters. The molecule has 0 nitrogen and oxygen atoms in total. The van der Waals surface area contributed by atoms with Crippen LogP contribution in [0.1, 0.15) is 0 Å². The molecular formula is H5RuSbSnTi. The van der Waals surface area contributed by atoms with Gasteiger partial charge >= 0.3 is 48.3 Å². The molecule has 0 aromatic rings. The van der Waals surface area contributed by atoms with Crippen molar-refractivity contribution in [2.75, 3.05) is 0 Å². The number of hydrogen-bond acceptors (Lipinski definition) is 0. The normalized spacial score (nSPS) is 0. The van der Waals surface area contributed by atoms with Crippen molar-refractivity contribution in [1.82, 2.24) is 0 Å². The first kappa shape index (κ1) is 28.2. The van der Waals surface area contributed by atoms with Crippen molar-refractivity contribution < 1.29 is 41.2 Å². The zero-order valence-corrected chi connectivity index (χ0v) is 13.6. The van der Waals surface area contributed by atoms with E-state index in [4.69, 9.17) is 0 Å². The summed E-state index contributed by atoms with van der Waals surface area (Å²) in [6.45, 7) is 0. The molecule has 0 aliphatic carbocycles. The molecule has 4 heavy (non-hydrogen) atoms. The van der Waals surface area contributed by atoms with Crippen LogP contribution in [0.25, 0.3) is 0 Å². The van der Waals surface area contributed by atoms with Crippen molar-refractivity contribution >= 4 is 48.3 Å². The Kier molecular flexibility index (Phi) is 118. The van der Waals surface area contributed by atoms with Crippen molar-refractivity contribution in [2.24, 2.45) is 0 Å². The fourth-order valence-electron chi connectivity index (χ4n) is 0. The van der Waals surface area contributed by atoms with Crippen LogP contribution in [0.3, 0.4) is 0 Å². The Labute approximate surface area is 87.9 Å². The Morgan fingerprint density at radius 2 is 1.00 bits per heavy atom. The molecule has 0 amide bonds. The quantitative estimate of drug-likeness (QED) is 0.413. The number of rotatable bonds is 0. The molecule has 0 spiro atoms. The van der Waals surface area contributed by atoms with Crippen LogP contribution in [0.15, 0.2) is 0 Å². The van der Waals surface area contributed by atoms with Crippen LogP contribution >= 0.6 is 0 Å². The summed E-state index contributed by atoms with van der Waals surface area (Å²) in [6.07, 6.45) is 0. The minimum absolute atomic E-state index is 0. The zero-order chi connectivity index (χ0) is 0. The molecule has 0 saturated heterocycles. The SMILES string of the molecule is [Ru].[SbH3].[SnH2].[Ti]. The van der Waals surface area contributed by atoms with E-state index in [1.165, 1.54) is 0 Å². The largest absolute Gasteiger partial charge is 0 e. The summed E-state index contributed by atoms with van der Waals surface area (Å²) in [5.41, 5.74) is 0. The Bertz CT molecular complexity index is 8.00. The topological polar surface area (TPSA) is 0 Å². The molecule has 0 rings (SSSR count). The molecule has 0 N–H and O–H groups in total. The first-order chi connectivity index (χ1) is 0. The van der Waals surface area contributed by atoms with Crippen molar-refractivity contribution in [3.63, 3.8) is 0 Å². The molecule has 2 radical (unpaired) electrons. The minimum atomic E-state index is 0. The Morgan fingerprint density at radius 1 is 1.00 bits per heavy atom. The van der Waals surface area contributed by atoms with Gasteiger partial charge in [0.05, 0.1) is 0 Å². The molecule has 4 heteroatoms. The molecule has 0 aliphatic rings. The summed E-state index contributed by atoms with van der Waals surface area (Å²) in [4.78, 5) is 0. The number of hydrogen-bond donors (Lipinski definition) is 0. The molecule has 0 aromatic heterocycles. The van der Waals surface area contributed by atoms with Crippen molar-refractivity contribution in [3.8, 4) is 0 Å². The maximum absolute atomic E-state index is 0. The molecular weight excluding hydrogens is 389 g/mol. The van der Waals surface area contributed by atoms with Gasteiger partial charge in [-0.1, -0.05) is 0 Å². The fraction of sp³-hybridized carbons (Fsp3) is 0. The van der Waals surface area contributed by atoms with Crippen molar-refractivity contribution in [3.05, 3.63) is 0 Å². The Balaban J connectivity index is 0. The minimum Gasteiger partial charge on any atom is 0 e. The van der Waals surface area contributed by atoms with E-state index in [9.17, 15) is 0 Å². The van der Waals surface area contributed by atoms with E-state index in [2.05, 4.69) is 0 Å². The van der Waals surface area contributed by atoms with Gasteiger partial charge < -0.3 is 0 Å². The van der Waals surface area contributed by atoms with E-state index in [-0.39, 0.29) is 89.5 Å². The first-order valence-electron chi connectivity index (χ1n) is 0. The summed E-state index contributed by atoms with van der Waals surface area (Å²) in [5.74, 6) is 0. The van der Waals surface area contributed by atoms with E-state index in [1.807, 2.05) is 0 Å². The second kappa shape index (κ2) is 16.7. The van der Waals surface area contributed by atoms with Gasteiger partial charge in [-0.15, -0.1) is 0 Å². The standard InChI is InChI=1S/Ru.Sb.Sn.Ti.5H. The van der Waals surface area contributed by atoms with Crippen molar-refractivity contribution in [1.29, 1.82) is 0 Å². The van der Waals surface area contributed by atoms with Gasteiger partial charge in [-0.25, -0.2) is 0 Å². The van der Waals surface area contributed by atoms with Crippen LogP contribution in [0.5, 0.6) is 0 Å². The van der Waals surface area contributed by atoms with Crippen LogP contribution in [-0.2, 0) is 41.2 Å². The summed E-state index contributed by atoms with van der Waals surface area (Å²) >= 11 is 0. The first-order valence-corrected chi connectivity index (χ1v) is 0. The van der Waals surface area contributed by atoms with Crippen LogP contribution in [0, 0.1) is 0 Å². The van der Waals surface area contributed by atoms with E-state index < -0.39 is 0 Å². The zero-order valence-electron chi connectivity index (χ0n) is 2.27. The molecule has 0 aromatic carbocycles. The van der Waals surface area contributed by atoms with Gasteiger partial charge in [-0.05, 0) is 0 Å². The van der Waals surface area contributed by atoms with Gasteiger partial charge in [0.2, 0.25) is 0 Å². The predicted octanol–water partition coefficient (Wildman–Crippen LogP) is -2.11. The molecule has 0 aliphatic heterocycles. The molecule has 0 atom stereocenters. The molecule has 0 bridgehead atoms. The maximum Gasteiger partial charge on any atom is 0 e. The van der Waals surface area contributed by atoms with E-state index in [1.54, 1.807) is 0 Å². The average molecular weight is 394 g/mol. The molecule has 0 saturated carbocycles. The maximum atomic E-state index is 0. The summed E-state index contributed by atoms with van der Waals surface area (Å²) in [7, 11) is 0. The van der Waals surface area contributed by atoms with Crippen LogP contribution in [-0.4, -0.2) is 48.3 Å². The third-order valence-corrected chi connectivity index (χ3v) is 0. The van der Waals surface area contributed by atoms with Gasteiger partial charge in [0.15, 0.2) is 0 Å². The summed E-state index contributed by atoms with van der Waals surface area (Å²) in [5, 5.41) is 0. The monoisotopic (exact) mass is 396 g/mol. The Hall–Kier alpha value is 2.95. The van der Waals surface area contributed by atoms with Crippen LogP contribution in [0.2, 0.25) is 0 Å². The van der Waals surface area contributed by atoms with Gasteiger partial charge in [0, 0.05) is 41.2 Å².